The van der Waals surface area contributed by atoms with Crippen LogP contribution < -0.4 is 5.32 Å². The summed E-state index contributed by atoms with van der Waals surface area (Å²) in [5.41, 5.74) is 0. The molecule has 1 fully saturated rings. The molecule has 1 aliphatic rings. The Morgan fingerprint density at radius 2 is 2.12 bits per heavy atom. The molecule has 2 unspecified atom stereocenters. The van der Waals surface area contributed by atoms with E-state index in [4.69, 9.17) is 0 Å². The molecule has 7 heteroatoms. The smallest absolute Gasteiger partial charge is 0.218 e. The summed E-state index contributed by atoms with van der Waals surface area (Å²) in [6.45, 7) is 1.69. The van der Waals surface area contributed by atoms with Gasteiger partial charge in [-0.3, -0.25) is 4.21 Å². The van der Waals surface area contributed by atoms with Crippen molar-refractivity contribution in [3.8, 4) is 0 Å². The minimum atomic E-state index is -1.23. The minimum Gasteiger partial charge on any atom is -0.316 e. The second-order valence-corrected chi connectivity index (χ2v) is 5.08. The third kappa shape index (κ3) is 3.20. The van der Waals surface area contributed by atoms with Crippen molar-refractivity contribution in [1.82, 2.24) is 15.3 Å². The van der Waals surface area contributed by atoms with Crippen LogP contribution in [0.4, 0.5) is 4.39 Å². The fourth-order valence-electron chi connectivity index (χ4n) is 1.56. The van der Waals surface area contributed by atoms with Gasteiger partial charge in [-0.25, -0.2) is 14.4 Å². The maximum absolute atomic E-state index is 12.6. The zero-order valence-electron chi connectivity index (χ0n) is 8.56. The number of rotatable bonds is 2. The average Bonchev–Trinajstić information content (AvgIpc) is 2.30. The topological polar surface area (TPSA) is 54.9 Å². The highest BCUT2D eigenvalue weighted by atomic mass is 35.5. The first-order valence-electron chi connectivity index (χ1n) is 4.86. The van der Waals surface area contributed by atoms with E-state index in [-0.39, 0.29) is 22.8 Å². The van der Waals surface area contributed by atoms with Crippen LogP contribution in [0.15, 0.2) is 17.6 Å². The SMILES string of the molecule is Cl.O=S(c1ncc(F)cn1)C1CCCNC1. The highest BCUT2D eigenvalue weighted by molar-refractivity contribution is 7.85. The summed E-state index contributed by atoms with van der Waals surface area (Å²) in [5.74, 6) is -0.502. The Balaban J connectivity index is 0.00000128. The molecule has 90 valence electrons. The maximum atomic E-state index is 12.6. The van der Waals surface area contributed by atoms with E-state index < -0.39 is 16.6 Å². The van der Waals surface area contributed by atoms with Crippen molar-refractivity contribution in [2.24, 2.45) is 0 Å². The lowest BCUT2D eigenvalue weighted by Gasteiger charge is -2.20. The van der Waals surface area contributed by atoms with Crippen LogP contribution in [0, 0.1) is 5.82 Å². The standard InChI is InChI=1S/C9H12FN3OS.ClH/c10-7-4-12-9(13-5-7)15(14)8-2-1-3-11-6-8;/h4-5,8,11H,1-3,6H2;1H. The van der Waals surface area contributed by atoms with Crippen LogP contribution in [0.5, 0.6) is 0 Å². The molecule has 0 amide bonds. The molecule has 0 aromatic carbocycles. The lowest BCUT2D eigenvalue weighted by Crippen LogP contribution is -2.36. The van der Waals surface area contributed by atoms with E-state index in [9.17, 15) is 8.60 Å². The number of nitrogens with zero attached hydrogens (tertiary/aromatic N) is 2. The van der Waals surface area contributed by atoms with Gasteiger partial charge in [0.25, 0.3) is 0 Å². The van der Waals surface area contributed by atoms with Gasteiger partial charge in [-0.1, -0.05) is 0 Å². The largest absolute Gasteiger partial charge is 0.316 e. The van der Waals surface area contributed by atoms with Crippen molar-refractivity contribution in [1.29, 1.82) is 0 Å². The molecule has 1 N–H and O–H groups in total. The summed E-state index contributed by atoms with van der Waals surface area (Å²) in [4.78, 5) is 7.48. The number of hydrogen-bond donors (Lipinski definition) is 1. The fraction of sp³-hybridized carbons (Fsp3) is 0.556. The zero-order chi connectivity index (χ0) is 10.7. The van der Waals surface area contributed by atoms with Crippen molar-refractivity contribution in [2.75, 3.05) is 13.1 Å². The molecule has 1 aromatic heterocycles. The van der Waals surface area contributed by atoms with Crippen LogP contribution in [0.3, 0.4) is 0 Å². The highest BCUT2D eigenvalue weighted by Gasteiger charge is 2.22. The summed E-state index contributed by atoms with van der Waals surface area (Å²) in [7, 11) is -1.23. The van der Waals surface area contributed by atoms with Gasteiger partial charge in [0.15, 0.2) is 5.82 Å². The van der Waals surface area contributed by atoms with Gasteiger partial charge in [0.2, 0.25) is 5.16 Å². The van der Waals surface area contributed by atoms with Crippen molar-refractivity contribution in [3.05, 3.63) is 18.2 Å². The second-order valence-electron chi connectivity index (χ2n) is 3.45. The normalized spacial score (nSPS) is 22.2. The summed E-state index contributed by atoms with van der Waals surface area (Å²) >= 11 is 0. The Morgan fingerprint density at radius 1 is 1.44 bits per heavy atom. The first-order chi connectivity index (χ1) is 7.27. The van der Waals surface area contributed by atoms with Gasteiger partial charge < -0.3 is 5.32 Å². The van der Waals surface area contributed by atoms with Crippen LogP contribution in [-0.2, 0) is 10.8 Å². The zero-order valence-corrected chi connectivity index (χ0v) is 10.2. The molecule has 2 heterocycles. The van der Waals surface area contributed by atoms with Gasteiger partial charge in [0.1, 0.15) is 0 Å². The average molecular weight is 266 g/mol. The van der Waals surface area contributed by atoms with Crippen molar-refractivity contribution in [3.63, 3.8) is 0 Å². The summed E-state index contributed by atoms with van der Waals surface area (Å²) in [5, 5.41) is 3.45. The van der Waals surface area contributed by atoms with E-state index in [2.05, 4.69) is 15.3 Å². The van der Waals surface area contributed by atoms with Gasteiger partial charge in [0, 0.05) is 6.54 Å². The molecular formula is C9H13ClFN3OS. The van der Waals surface area contributed by atoms with Crippen LogP contribution in [0.1, 0.15) is 12.8 Å². The molecule has 2 rings (SSSR count). The van der Waals surface area contributed by atoms with Crippen molar-refractivity contribution >= 4 is 23.2 Å². The molecule has 0 aliphatic carbocycles. The predicted molar refractivity (Wildman–Crippen MR) is 61.5 cm³/mol. The lowest BCUT2D eigenvalue weighted by molar-refractivity contribution is 0.517. The Kier molecular flexibility index (Phi) is 5.24. The van der Waals surface area contributed by atoms with Crippen molar-refractivity contribution in [2.45, 2.75) is 23.2 Å². The molecule has 1 aliphatic heterocycles. The number of piperidine rings is 1. The van der Waals surface area contributed by atoms with E-state index in [1.165, 1.54) is 0 Å². The number of halogens is 2. The summed E-state index contributed by atoms with van der Waals surface area (Å²) in [6, 6.07) is 0. The minimum absolute atomic E-state index is 0. The Bertz CT molecular complexity index is 356. The van der Waals surface area contributed by atoms with Crippen molar-refractivity contribution < 1.29 is 8.60 Å². The molecule has 0 radical (unpaired) electrons. The first kappa shape index (κ1) is 13.5. The predicted octanol–water partition coefficient (Wildman–Crippen LogP) is 0.897. The highest BCUT2D eigenvalue weighted by Crippen LogP contribution is 2.13. The molecule has 0 bridgehead atoms. The molecule has 1 saturated heterocycles. The Labute approximate surface area is 102 Å². The lowest BCUT2D eigenvalue weighted by atomic mass is 10.2. The van der Waals surface area contributed by atoms with Gasteiger partial charge in [-0.15, -0.1) is 12.4 Å². The van der Waals surface area contributed by atoms with Gasteiger partial charge in [0.05, 0.1) is 28.4 Å². The molecule has 0 saturated carbocycles. The molecule has 0 spiro atoms. The monoisotopic (exact) mass is 265 g/mol. The maximum Gasteiger partial charge on any atom is 0.218 e. The first-order valence-corrected chi connectivity index (χ1v) is 6.07. The van der Waals surface area contributed by atoms with E-state index in [0.29, 0.717) is 6.54 Å². The molecule has 2 atom stereocenters. The Morgan fingerprint density at radius 3 is 2.69 bits per heavy atom. The molecule has 4 nitrogen and oxygen atoms in total. The number of aromatic nitrogens is 2. The molecular weight excluding hydrogens is 253 g/mol. The van der Waals surface area contributed by atoms with Crippen LogP contribution in [0.25, 0.3) is 0 Å². The summed E-state index contributed by atoms with van der Waals surface area (Å²) < 4.78 is 24.5. The fourth-order valence-corrected chi connectivity index (χ4v) is 2.82. The third-order valence-electron chi connectivity index (χ3n) is 2.33. The second kappa shape index (κ2) is 6.22. The van der Waals surface area contributed by atoms with Gasteiger partial charge in [-0.2, -0.15) is 0 Å². The van der Waals surface area contributed by atoms with Gasteiger partial charge >= 0.3 is 0 Å². The number of hydrogen-bond acceptors (Lipinski definition) is 4. The molecule has 1 aromatic rings. The van der Waals surface area contributed by atoms with E-state index in [1.54, 1.807) is 0 Å². The van der Waals surface area contributed by atoms with E-state index >= 15 is 0 Å². The number of nitrogens with one attached hydrogen (secondary N) is 1. The van der Waals surface area contributed by atoms with Crippen LogP contribution in [0.2, 0.25) is 0 Å². The quantitative estimate of drug-likeness (QED) is 0.808. The third-order valence-corrected chi connectivity index (χ3v) is 3.91. The van der Waals surface area contributed by atoms with Crippen LogP contribution in [-0.4, -0.2) is 32.5 Å². The summed E-state index contributed by atoms with van der Waals surface area (Å²) in [6.07, 6.45) is 4.02. The van der Waals surface area contributed by atoms with Crippen LogP contribution >= 0.6 is 12.4 Å². The van der Waals surface area contributed by atoms with E-state index in [1.807, 2.05) is 0 Å². The van der Waals surface area contributed by atoms with Gasteiger partial charge in [-0.05, 0) is 19.4 Å². The Hall–Kier alpha value is -0.590. The molecule has 16 heavy (non-hydrogen) atoms. The van der Waals surface area contributed by atoms with E-state index in [0.717, 1.165) is 31.8 Å².